The van der Waals surface area contributed by atoms with Crippen LogP contribution < -0.4 is 15.2 Å². The Morgan fingerprint density at radius 1 is 1.31 bits per heavy atom. The first-order valence-corrected chi connectivity index (χ1v) is 5.18. The van der Waals surface area contributed by atoms with E-state index in [4.69, 9.17) is 19.9 Å². The summed E-state index contributed by atoms with van der Waals surface area (Å²) in [7, 11) is 1.55. The van der Waals surface area contributed by atoms with Gasteiger partial charge in [-0.15, -0.1) is 0 Å². The number of nitrogens with zero attached hydrogens (tertiary/aromatic N) is 1. The normalized spacial score (nSPS) is 10.5. The lowest BCUT2D eigenvalue weighted by Gasteiger charge is -2.10. The van der Waals surface area contributed by atoms with Gasteiger partial charge in [-0.1, -0.05) is 0 Å². The van der Waals surface area contributed by atoms with Crippen LogP contribution in [0.4, 0.5) is 5.69 Å². The van der Waals surface area contributed by atoms with E-state index in [-0.39, 0.29) is 6.10 Å². The molecule has 0 saturated heterocycles. The van der Waals surface area contributed by atoms with Crippen LogP contribution in [0.15, 0.2) is 12.1 Å². The summed E-state index contributed by atoms with van der Waals surface area (Å²) in [6.45, 7) is 4.87. The summed E-state index contributed by atoms with van der Waals surface area (Å²) < 4.78 is 15.7. The van der Waals surface area contributed by atoms with Gasteiger partial charge in [0, 0.05) is 6.07 Å². The maximum atomic E-state index is 5.70. The van der Waals surface area contributed by atoms with Crippen molar-refractivity contribution in [2.45, 2.75) is 20.0 Å². The van der Waals surface area contributed by atoms with Crippen LogP contribution in [0.3, 0.4) is 0 Å². The molecule has 0 bridgehead atoms. The fourth-order valence-corrected chi connectivity index (χ4v) is 1.09. The van der Waals surface area contributed by atoms with Gasteiger partial charge in [-0.3, -0.25) is 0 Å². The number of nitrogens with two attached hydrogens (primary N) is 1. The SMILES string of the molecule is COc1ccc(N)c(OCCOC(C)C)n1. The molecule has 2 N–H and O–H groups in total. The molecule has 0 fully saturated rings. The minimum absolute atomic E-state index is 0.194. The van der Waals surface area contributed by atoms with Crippen molar-refractivity contribution in [1.29, 1.82) is 0 Å². The fourth-order valence-electron chi connectivity index (χ4n) is 1.09. The Labute approximate surface area is 95.5 Å². The van der Waals surface area contributed by atoms with Crippen LogP contribution in [0, 0.1) is 0 Å². The summed E-state index contributed by atoms with van der Waals surface area (Å²) in [5, 5.41) is 0. The monoisotopic (exact) mass is 226 g/mol. The van der Waals surface area contributed by atoms with E-state index in [2.05, 4.69) is 4.98 Å². The van der Waals surface area contributed by atoms with E-state index in [0.29, 0.717) is 30.7 Å². The summed E-state index contributed by atoms with van der Waals surface area (Å²) in [5.41, 5.74) is 6.19. The van der Waals surface area contributed by atoms with Crippen molar-refractivity contribution in [2.75, 3.05) is 26.1 Å². The second-order valence-electron chi connectivity index (χ2n) is 3.52. The van der Waals surface area contributed by atoms with E-state index in [0.717, 1.165) is 0 Å². The molecule has 0 spiro atoms. The molecule has 5 nitrogen and oxygen atoms in total. The molecule has 1 aromatic rings. The lowest BCUT2D eigenvalue weighted by molar-refractivity contribution is 0.0543. The van der Waals surface area contributed by atoms with E-state index in [1.165, 1.54) is 0 Å². The molecule has 90 valence electrons. The van der Waals surface area contributed by atoms with E-state index in [9.17, 15) is 0 Å². The van der Waals surface area contributed by atoms with Crippen LogP contribution >= 0.6 is 0 Å². The highest BCUT2D eigenvalue weighted by Crippen LogP contribution is 2.21. The van der Waals surface area contributed by atoms with Crippen LogP contribution in [0.2, 0.25) is 0 Å². The van der Waals surface area contributed by atoms with E-state index < -0.39 is 0 Å². The van der Waals surface area contributed by atoms with Gasteiger partial charge in [0.2, 0.25) is 11.8 Å². The second-order valence-corrected chi connectivity index (χ2v) is 3.52. The van der Waals surface area contributed by atoms with Crippen molar-refractivity contribution < 1.29 is 14.2 Å². The fraction of sp³-hybridized carbons (Fsp3) is 0.545. The third kappa shape index (κ3) is 3.94. The molecule has 1 rings (SSSR count). The molecule has 5 heteroatoms. The minimum Gasteiger partial charge on any atom is -0.481 e. The van der Waals surface area contributed by atoms with Gasteiger partial charge in [0.15, 0.2) is 0 Å². The van der Waals surface area contributed by atoms with Crippen LogP contribution in [-0.2, 0) is 4.74 Å². The molecule has 0 radical (unpaired) electrons. The van der Waals surface area contributed by atoms with Gasteiger partial charge in [-0.25, -0.2) is 0 Å². The molecular weight excluding hydrogens is 208 g/mol. The Morgan fingerprint density at radius 3 is 2.69 bits per heavy atom. The number of hydrogen-bond acceptors (Lipinski definition) is 5. The Hall–Kier alpha value is -1.49. The van der Waals surface area contributed by atoms with Crippen molar-refractivity contribution in [3.05, 3.63) is 12.1 Å². The number of nitrogen functional groups attached to an aromatic ring is 1. The topological polar surface area (TPSA) is 66.6 Å². The number of rotatable bonds is 6. The first-order valence-electron chi connectivity index (χ1n) is 5.18. The van der Waals surface area contributed by atoms with Gasteiger partial charge in [-0.2, -0.15) is 4.98 Å². The maximum absolute atomic E-state index is 5.70. The maximum Gasteiger partial charge on any atom is 0.240 e. The molecule has 0 unspecified atom stereocenters. The number of anilines is 1. The molecule has 0 aliphatic carbocycles. The molecule has 0 aliphatic heterocycles. The Balaban J connectivity index is 2.46. The van der Waals surface area contributed by atoms with Crippen molar-refractivity contribution >= 4 is 5.69 Å². The second kappa shape index (κ2) is 6.17. The van der Waals surface area contributed by atoms with E-state index >= 15 is 0 Å². The zero-order valence-electron chi connectivity index (χ0n) is 9.90. The summed E-state index contributed by atoms with van der Waals surface area (Å²) in [6.07, 6.45) is 0.194. The van der Waals surface area contributed by atoms with Crippen LogP contribution in [0.5, 0.6) is 11.8 Å². The summed E-state index contributed by atoms with van der Waals surface area (Å²) in [4.78, 5) is 4.08. The molecule has 0 aromatic carbocycles. The van der Waals surface area contributed by atoms with Gasteiger partial charge in [0.05, 0.1) is 25.5 Å². The van der Waals surface area contributed by atoms with Crippen molar-refractivity contribution in [2.24, 2.45) is 0 Å². The predicted octanol–water partition coefficient (Wildman–Crippen LogP) is 1.48. The van der Waals surface area contributed by atoms with Gasteiger partial charge in [-0.05, 0) is 19.9 Å². The van der Waals surface area contributed by atoms with E-state index in [1.807, 2.05) is 13.8 Å². The van der Waals surface area contributed by atoms with Crippen LogP contribution in [0.1, 0.15) is 13.8 Å². The molecule has 16 heavy (non-hydrogen) atoms. The first kappa shape index (κ1) is 12.6. The van der Waals surface area contributed by atoms with Gasteiger partial charge in [0.1, 0.15) is 6.61 Å². The summed E-state index contributed by atoms with van der Waals surface area (Å²) >= 11 is 0. The minimum atomic E-state index is 0.194. The third-order valence-electron chi connectivity index (χ3n) is 1.85. The van der Waals surface area contributed by atoms with E-state index in [1.54, 1.807) is 19.2 Å². The van der Waals surface area contributed by atoms with Crippen LogP contribution in [0.25, 0.3) is 0 Å². The van der Waals surface area contributed by atoms with Crippen molar-refractivity contribution in [3.63, 3.8) is 0 Å². The highest BCUT2D eigenvalue weighted by Gasteiger charge is 2.04. The molecule has 1 aromatic heterocycles. The van der Waals surface area contributed by atoms with Gasteiger partial charge < -0.3 is 19.9 Å². The molecule has 0 amide bonds. The first-order chi connectivity index (χ1) is 7.63. The lowest BCUT2D eigenvalue weighted by atomic mass is 10.4. The third-order valence-corrected chi connectivity index (χ3v) is 1.85. The number of methoxy groups -OCH3 is 1. The Morgan fingerprint density at radius 2 is 2.06 bits per heavy atom. The number of ether oxygens (including phenoxy) is 3. The summed E-state index contributed by atoms with van der Waals surface area (Å²) in [5.74, 6) is 0.862. The number of aromatic nitrogens is 1. The quantitative estimate of drug-likeness (QED) is 0.744. The zero-order chi connectivity index (χ0) is 12.0. The smallest absolute Gasteiger partial charge is 0.240 e. The Kier molecular flexibility index (Phi) is 4.85. The highest BCUT2D eigenvalue weighted by atomic mass is 16.5. The number of hydrogen-bond donors (Lipinski definition) is 1. The van der Waals surface area contributed by atoms with Crippen LogP contribution in [-0.4, -0.2) is 31.4 Å². The zero-order valence-corrected chi connectivity index (χ0v) is 9.90. The average Bonchev–Trinajstić information content (AvgIpc) is 2.26. The standard InChI is InChI=1S/C11H18N2O3/c1-8(2)15-6-7-16-11-9(12)4-5-10(13-11)14-3/h4-5,8H,6-7,12H2,1-3H3. The molecule has 0 saturated carbocycles. The number of pyridine rings is 1. The molecule has 0 atom stereocenters. The Bertz CT molecular complexity index is 329. The average molecular weight is 226 g/mol. The van der Waals surface area contributed by atoms with Gasteiger partial charge >= 0.3 is 0 Å². The predicted molar refractivity (Wildman–Crippen MR) is 61.8 cm³/mol. The lowest BCUT2D eigenvalue weighted by Crippen LogP contribution is -2.12. The van der Waals surface area contributed by atoms with Crippen molar-refractivity contribution in [3.8, 4) is 11.8 Å². The molecule has 0 aliphatic rings. The molecular formula is C11H18N2O3. The van der Waals surface area contributed by atoms with Gasteiger partial charge in [0.25, 0.3) is 0 Å². The molecule has 1 heterocycles. The highest BCUT2D eigenvalue weighted by molar-refractivity contribution is 5.49. The largest absolute Gasteiger partial charge is 0.481 e. The van der Waals surface area contributed by atoms with Crippen molar-refractivity contribution in [1.82, 2.24) is 4.98 Å². The summed E-state index contributed by atoms with van der Waals surface area (Å²) in [6, 6.07) is 3.39.